The van der Waals surface area contributed by atoms with Crippen molar-refractivity contribution in [3.63, 3.8) is 0 Å². The van der Waals surface area contributed by atoms with Gasteiger partial charge in [0, 0.05) is 12.2 Å². The highest BCUT2D eigenvalue weighted by Crippen LogP contribution is 2.15. The smallest absolute Gasteiger partial charge is 0.319 e. The topological polar surface area (TPSA) is 70.6 Å². The van der Waals surface area contributed by atoms with Gasteiger partial charge < -0.3 is 20.5 Å². The van der Waals surface area contributed by atoms with E-state index < -0.39 is 0 Å². The number of carbonyl (C=O) groups is 1. The monoisotopic (exact) mass is 300 g/mol. The molecular formula is C17H20N2O3. The number of aromatic hydroxyl groups is 1. The van der Waals surface area contributed by atoms with Gasteiger partial charge >= 0.3 is 6.03 Å². The molecule has 0 aliphatic carbocycles. The summed E-state index contributed by atoms with van der Waals surface area (Å²) in [5.41, 5.74) is 1.68. The standard InChI is InChI=1S/C17H20N2O3/c1-2-22-16-8-6-14(7-9-16)19-17(21)18-11-10-13-4-3-5-15(20)12-13/h3-9,12,20H,2,10-11H2,1H3,(H2,18,19,21). The Morgan fingerprint density at radius 2 is 1.95 bits per heavy atom. The second-order valence-corrected chi connectivity index (χ2v) is 4.76. The van der Waals surface area contributed by atoms with Crippen molar-refractivity contribution in [3.8, 4) is 11.5 Å². The number of amides is 2. The quantitative estimate of drug-likeness (QED) is 0.767. The van der Waals surface area contributed by atoms with Gasteiger partial charge in [-0.05, 0) is 55.3 Å². The van der Waals surface area contributed by atoms with Crippen molar-refractivity contribution in [2.24, 2.45) is 0 Å². The summed E-state index contributed by atoms with van der Waals surface area (Å²) >= 11 is 0. The van der Waals surface area contributed by atoms with Crippen LogP contribution in [0.5, 0.6) is 11.5 Å². The summed E-state index contributed by atoms with van der Waals surface area (Å²) in [6.07, 6.45) is 0.658. The number of urea groups is 1. The van der Waals surface area contributed by atoms with Gasteiger partial charge in [0.1, 0.15) is 11.5 Å². The van der Waals surface area contributed by atoms with Crippen molar-refractivity contribution in [2.45, 2.75) is 13.3 Å². The van der Waals surface area contributed by atoms with Gasteiger partial charge in [-0.25, -0.2) is 4.79 Å². The molecule has 0 radical (unpaired) electrons. The Kier molecular flexibility index (Phi) is 5.65. The van der Waals surface area contributed by atoms with Gasteiger partial charge in [-0.3, -0.25) is 0 Å². The third-order valence-corrected chi connectivity index (χ3v) is 3.03. The summed E-state index contributed by atoms with van der Waals surface area (Å²) in [7, 11) is 0. The molecule has 2 amide bonds. The molecule has 0 unspecified atom stereocenters. The Bertz CT molecular complexity index is 612. The number of phenolic OH excluding ortho intramolecular Hbond substituents is 1. The van der Waals surface area contributed by atoms with Crippen LogP contribution in [0.2, 0.25) is 0 Å². The van der Waals surface area contributed by atoms with Gasteiger partial charge in [0.05, 0.1) is 6.61 Å². The number of rotatable bonds is 6. The molecule has 2 aromatic rings. The van der Waals surface area contributed by atoms with E-state index in [-0.39, 0.29) is 11.8 Å². The summed E-state index contributed by atoms with van der Waals surface area (Å²) < 4.78 is 5.34. The first-order chi connectivity index (χ1) is 10.7. The second kappa shape index (κ2) is 7.93. The van der Waals surface area contributed by atoms with Gasteiger partial charge in [0.25, 0.3) is 0 Å². The van der Waals surface area contributed by atoms with Crippen LogP contribution in [0.3, 0.4) is 0 Å². The van der Waals surface area contributed by atoms with Crippen molar-refractivity contribution in [1.82, 2.24) is 5.32 Å². The van der Waals surface area contributed by atoms with E-state index in [1.54, 1.807) is 30.3 Å². The van der Waals surface area contributed by atoms with Crippen LogP contribution in [0, 0.1) is 0 Å². The Balaban J connectivity index is 1.75. The molecular weight excluding hydrogens is 280 g/mol. The fraction of sp³-hybridized carbons (Fsp3) is 0.235. The molecule has 0 aromatic heterocycles. The number of hydrogen-bond donors (Lipinski definition) is 3. The third kappa shape index (κ3) is 5.01. The summed E-state index contributed by atoms with van der Waals surface area (Å²) in [6.45, 7) is 3.03. The minimum absolute atomic E-state index is 0.233. The molecule has 0 spiro atoms. The molecule has 22 heavy (non-hydrogen) atoms. The SMILES string of the molecule is CCOc1ccc(NC(=O)NCCc2cccc(O)c2)cc1. The van der Waals surface area contributed by atoms with Crippen LogP contribution in [0.25, 0.3) is 0 Å². The van der Waals surface area contributed by atoms with Gasteiger partial charge in [-0.2, -0.15) is 0 Å². The highest BCUT2D eigenvalue weighted by Gasteiger charge is 2.02. The van der Waals surface area contributed by atoms with Crippen LogP contribution < -0.4 is 15.4 Å². The molecule has 0 bridgehead atoms. The van der Waals surface area contributed by atoms with Gasteiger partial charge in [0.15, 0.2) is 0 Å². The molecule has 5 nitrogen and oxygen atoms in total. The zero-order chi connectivity index (χ0) is 15.8. The van der Waals surface area contributed by atoms with Crippen LogP contribution in [-0.4, -0.2) is 24.3 Å². The van der Waals surface area contributed by atoms with Gasteiger partial charge in [-0.1, -0.05) is 12.1 Å². The highest BCUT2D eigenvalue weighted by molar-refractivity contribution is 5.89. The lowest BCUT2D eigenvalue weighted by Gasteiger charge is -2.09. The zero-order valence-electron chi connectivity index (χ0n) is 12.5. The van der Waals surface area contributed by atoms with Gasteiger partial charge in [0.2, 0.25) is 0 Å². The number of phenols is 1. The Morgan fingerprint density at radius 1 is 1.18 bits per heavy atom. The first-order valence-electron chi connectivity index (χ1n) is 7.23. The molecule has 0 saturated carbocycles. The van der Waals surface area contributed by atoms with Crippen LogP contribution in [-0.2, 0) is 6.42 Å². The van der Waals surface area contributed by atoms with E-state index in [0.717, 1.165) is 11.3 Å². The first-order valence-corrected chi connectivity index (χ1v) is 7.23. The highest BCUT2D eigenvalue weighted by atomic mass is 16.5. The zero-order valence-corrected chi connectivity index (χ0v) is 12.5. The number of hydrogen-bond acceptors (Lipinski definition) is 3. The van der Waals surface area contributed by atoms with E-state index in [2.05, 4.69) is 10.6 Å². The lowest BCUT2D eigenvalue weighted by Crippen LogP contribution is -2.30. The van der Waals surface area contributed by atoms with Gasteiger partial charge in [-0.15, -0.1) is 0 Å². The maximum absolute atomic E-state index is 11.8. The second-order valence-electron chi connectivity index (χ2n) is 4.76. The summed E-state index contributed by atoms with van der Waals surface area (Å²) in [5.74, 6) is 1.01. The minimum Gasteiger partial charge on any atom is -0.508 e. The van der Waals surface area contributed by atoms with Crippen molar-refractivity contribution in [1.29, 1.82) is 0 Å². The lowest BCUT2D eigenvalue weighted by atomic mass is 10.1. The molecule has 0 atom stereocenters. The van der Waals surface area contributed by atoms with Crippen LogP contribution in [0.1, 0.15) is 12.5 Å². The van der Waals surface area contributed by atoms with Crippen molar-refractivity contribution >= 4 is 11.7 Å². The predicted octanol–water partition coefficient (Wildman–Crippen LogP) is 3.16. The van der Waals surface area contributed by atoms with E-state index >= 15 is 0 Å². The Labute approximate surface area is 129 Å². The summed E-state index contributed by atoms with van der Waals surface area (Å²) in [5, 5.41) is 14.9. The molecule has 0 fully saturated rings. The van der Waals surface area contributed by atoms with Crippen molar-refractivity contribution in [3.05, 3.63) is 54.1 Å². The van der Waals surface area contributed by atoms with Crippen LogP contribution in [0.15, 0.2) is 48.5 Å². The minimum atomic E-state index is -0.260. The van der Waals surface area contributed by atoms with E-state index in [1.165, 1.54) is 0 Å². The first kappa shape index (κ1) is 15.7. The molecule has 0 heterocycles. The fourth-order valence-corrected chi connectivity index (χ4v) is 2.01. The summed E-state index contributed by atoms with van der Waals surface area (Å²) in [6, 6.07) is 13.9. The predicted molar refractivity (Wildman–Crippen MR) is 86.4 cm³/mol. The Morgan fingerprint density at radius 3 is 2.64 bits per heavy atom. The van der Waals surface area contributed by atoms with E-state index in [0.29, 0.717) is 25.3 Å². The molecule has 0 saturated heterocycles. The lowest BCUT2D eigenvalue weighted by molar-refractivity contribution is 0.252. The van der Waals surface area contributed by atoms with E-state index in [9.17, 15) is 9.90 Å². The number of ether oxygens (including phenoxy) is 1. The number of anilines is 1. The number of benzene rings is 2. The molecule has 0 aliphatic rings. The molecule has 3 N–H and O–H groups in total. The maximum Gasteiger partial charge on any atom is 0.319 e. The van der Waals surface area contributed by atoms with Crippen LogP contribution in [0.4, 0.5) is 10.5 Å². The Hall–Kier alpha value is -2.69. The summed E-state index contributed by atoms with van der Waals surface area (Å²) in [4.78, 5) is 11.8. The van der Waals surface area contributed by atoms with E-state index in [4.69, 9.17) is 4.74 Å². The fourth-order valence-electron chi connectivity index (χ4n) is 2.01. The van der Waals surface area contributed by atoms with Crippen molar-refractivity contribution < 1.29 is 14.6 Å². The molecule has 0 aliphatic heterocycles. The van der Waals surface area contributed by atoms with Crippen LogP contribution >= 0.6 is 0 Å². The van der Waals surface area contributed by atoms with Crippen molar-refractivity contribution in [2.75, 3.05) is 18.5 Å². The largest absolute Gasteiger partial charge is 0.508 e. The normalized spacial score (nSPS) is 10.0. The molecule has 5 heteroatoms. The average Bonchev–Trinajstić information content (AvgIpc) is 2.50. The molecule has 2 rings (SSSR count). The number of carbonyl (C=O) groups excluding carboxylic acids is 1. The van der Waals surface area contributed by atoms with E-state index in [1.807, 2.05) is 25.1 Å². The maximum atomic E-state index is 11.8. The average molecular weight is 300 g/mol. The third-order valence-electron chi connectivity index (χ3n) is 3.03. The number of nitrogens with one attached hydrogen (secondary N) is 2. The molecule has 2 aromatic carbocycles. The molecule has 116 valence electrons.